The summed E-state index contributed by atoms with van der Waals surface area (Å²) in [4.78, 5) is 19.6. The molecule has 4 aromatic rings. The van der Waals surface area contributed by atoms with Crippen LogP contribution in [-0.4, -0.2) is 41.1 Å². The van der Waals surface area contributed by atoms with E-state index < -0.39 is 0 Å². The van der Waals surface area contributed by atoms with Gasteiger partial charge < -0.3 is 14.2 Å². The third-order valence-corrected chi connectivity index (χ3v) is 6.74. The first kappa shape index (κ1) is 18.8. The van der Waals surface area contributed by atoms with E-state index in [2.05, 4.69) is 17.3 Å². The number of thiazole rings is 1. The van der Waals surface area contributed by atoms with E-state index in [4.69, 9.17) is 14.2 Å². The Morgan fingerprint density at radius 2 is 1.90 bits per heavy atom. The lowest BCUT2D eigenvalue weighted by Crippen LogP contribution is -2.38. The molecule has 0 radical (unpaired) electrons. The number of benzene rings is 2. The molecule has 0 atom stereocenters. The van der Waals surface area contributed by atoms with Gasteiger partial charge in [-0.1, -0.05) is 17.3 Å². The van der Waals surface area contributed by atoms with Crippen molar-refractivity contribution in [2.45, 2.75) is 18.8 Å². The maximum absolute atomic E-state index is 12.9. The van der Waals surface area contributed by atoms with Gasteiger partial charge in [-0.15, -0.1) is 11.3 Å². The Labute approximate surface area is 178 Å². The summed E-state index contributed by atoms with van der Waals surface area (Å²) in [6.45, 7) is 1.40. The fourth-order valence-electron chi connectivity index (χ4n) is 3.82. The topological polar surface area (TPSA) is 68.5 Å². The van der Waals surface area contributed by atoms with E-state index in [9.17, 15) is 4.79 Å². The van der Waals surface area contributed by atoms with E-state index >= 15 is 0 Å². The maximum atomic E-state index is 12.9. The summed E-state index contributed by atoms with van der Waals surface area (Å²) in [5, 5.41) is 5.18. The quantitative estimate of drug-likeness (QED) is 0.467. The molecule has 0 N–H and O–H groups in total. The van der Waals surface area contributed by atoms with Crippen molar-refractivity contribution in [3.8, 4) is 17.1 Å². The van der Waals surface area contributed by atoms with Crippen LogP contribution in [0.25, 0.3) is 21.5 Å². The molecule has 1 saturated heterocycles. The highest BCUT2D eigenvalue weighted by atomic mass is 32.1. The third kappa shape index (κ3) is 3.57. The van der Waals surface area contributed by atoms with Crippen LogP contribution in [0.15, 0.2) is 59.1 Å². The van der Waals surface area contributed by atoms with Crippen LogP contribution in [0.2, 0.25) is 0 Å². The minimum atomic E-state index is -0.0822. The van der Waals surface area contributed by atoms with Crippen molar-refractivity contribution >= 4 is 27.5 Å². The van der Waals surface area contributed by atoms with Crippen LogP contribution in [-0.2, 0) is 0 Å². The first-order valence-electron chi connectivity index (χ1n) is 9.97. The monoisotopic (exact) mass is 419 g/mol. The van der Waals surface area contributed by atoms with E-state index in [1.807, 2.05) is 41.3 Å². The molecule has 152 valence electrons. The van der Waals surface area contributed by atoms with Gasteiger partial charge in [0.15, 0.2) is 11.5 Å². The van der Waals surface area contributed by atoms with Crippen molar-refractivity contribution in [3.63, 3.8) is 0 Å². The van der Waals surface area contributed by atoms with Crippen LogP contribution >= 0.6 is 11.3 Å². The number of methoxy groups -OCH3 is 1. The summed E-state index contributed by atoms with van der Waals surface area (Å²) < 4.78 is 11.8. The fourth-order valence-corrected chi connectivity index (χ4v) is 4.96. The third-order valence-electron chi connectivity index (χ3n) is 5.55. The molecular formula is C23H21N3O3S. The molecule has 0 unspecified atom stereocenters. The average molecular weight is 420 g/mol. The number of ether oxygens (including phenoxy) is 1. The summed E-state index contributed by atoms with van der Waals surface area (Å²) in [5.74, 6) is 1.66. The number of para-hydroxylation sites is 1. The number of hydrogen-bond acceptors (Lipinski definition) is 6. The summed E-state index contributed by atoms with van der Waals surface area (Å²) in [6.07, 6.45) is 1.82. The number of rotatable bonds is 4. The van der Waals surface area contributed by atoms with E-state index in [1.54, 1.807) is 24.5 Å². The summed E-state index contributed by atoms with van der Waals surface area (Å²) >= 11 is 1.76. The Kier molecular flexibility index (Phi) is 4.96. The minimum absolute atomic E-state index is 0.0822. The van der Waals surface area contributed by atoms with E-state index in [0.717, 1.165) is 29.7 Å². The van der Waals surface area contributed by atoms with E-state index in [1.165, 1.54) is 9.71 Å². The number of amides is 1. The molecule has 0 saturated carbocycles. The summed E-state index contributed by atoms with van der Waals surface area (Å²) in [6, 6.07) is 17.4. The van der Waals surface area contributed by atoms with Gasteiger partial charge in [0.2, 0.25) is 0 Å². The van der Waals surface area contributed by atoms with Crippen molar-refractivity contribution in [1.29, 1.82) is 0 Å². The molecule has 1 amide bonds. The van der Waals surface area contributed by atoms with Crippen molar-refractivity contribution in [3.05, 3.63) is 65.3 Å². The molecular weight excluding hydrogens is 398 g/mol. The number of fused-ring (bicyclic) bond motifs is 1. The molecule has 2 aromatic heterocycles. The number of likely N-dealkylation sites (tertiary alicyclic amines) is 1. The largest absolute Gasteiger partial charge is 0.497 e. The van der Waals surface area contributed by atoms with Gasteiger partial charge in [-0.3, -0.25) is 4.79 Å². The second kappa shape index (κ2) is 7.91. The molecule has 1 aliphatic rings. The smallest absolute Gasteiger partial charge is 0.276 e. The highest BCUT2D eigenvalue weighted by Crippen LogP contribution is 2.34. The Bertz CT molecular complexity index is 1140. The van der Waals surface area contributed by atoms with Crippen LogP contribution in [0.3, 0.4) is 0 Å². The summed E-state index contributed by atoms with van der Waals surface area (Å²) in [5.41, 5.74) is 2.26. The predicted octanol–water partition coefficient (Wildman–Crippen LogP) is 4.98. The lowest BCUT2D eigenvalue weighted by molar-refractivity contribution is 0.0702. The van der Waals surface area contributed by atoms with Crippen LogP contribution in [0.5, 0.6) is 5.75 Å². The van der Waals surface area contributed by atoms with Gasteiger partial charge in [-0.05, 0) is 49.2 Å². The van der Waals surface area contributed by atoms with Gasteiger partial charge in [0.05, 0.1) is 22.3 Å². The zero-order valence-corrected chi connectivity index (χ0v) is 17.4. The van der Waals surface area contributed by atoms with Crippen LogP contribution in [0.4, 0.5) is 0 Å². The van der Waals surface area contributed by atoms with Gasteiger partial charge in [0, 0.05) is 30.6 Å². The van der Waals surface area contributed by atoms with Crippen LogP contribution in [0.1, 0.15) is 34.3 Å². The van der Waals surface area contributed by atoms with Crippen molar-refractivity contribution < 1.29 is 14.1 Å². The SMILES string of the molecule is COc1ccc(-c2cc(C(=O)N3CCC(c4nc5ccccc5s4)CC3)no2)cc1. The van der Waals surface area contributed by atoms with Crippen LogP contribution in [0, 0.1) is 0 Å². The van der Waals surface area contributed by atoms with Gasteiger partial charge in [0.1, 0.15) is 5.75 Å². The Morgan fingerprint density at radius 3 is 2.63 bits per heavy atom. The van der Waals surface area contributed by atoms with Gasteiger partial charge >= 0.3 is 0 Å². The van der Waals surface area contributed by atoms with Gasteiger partial charge in [-0.25, -0.2) is 4.98 Å². The molecule has 1 fully saturated rings. The number of hydrogen-bond donors (Lipinski definition) is 0. The molecule has 5 rings (SSSR count). The molecule has 2 aromatic carbocycles. The Morgan fingerprint density at radius 1 is 1.13 bits per heavy atom. The first-order valence-corrected chi connectivity index (χ1v) is 10.8. The molecule has 0 aliphatic carbocycles. The highest BCUT2D eigenvalue weighted by Gasteiger charge is 2.28. The molecule has 30 heavy (non-hydrogen) atoms. The molecule has 7 heteroatoms. The second-order valence-electron chi connectivity index (χ2n) is 7.39. The van der Waals surface area contributed by atoms with Crippen molar-refractivity contribution in [1.82, 2.24) is 15.0 Å². The van der Waals surface area contributed by atoms with E-state index in [0.29, 0.717) is 30.5 Å². The fraction of sp³-hybridized carbons (Fsp3) is 0.261. The predicted molar refractivity (Wildman–Crippen MR) is 116 cm³/mol. The molecule has 6 nitrogen and oxygen atoms in total. The number of carbonyl (C=O) groups excluding carboxylic acids is 1. The Hall–Kier alpha value is -3.19. The minimum Gasteiger partial charge on any atom is -0.497 e. The zero-order chi connectivity index (χ0) is 20.5. The number of nitrogens with zero attached hydrogens (tertiary/aromatic N) is 3. The molecule has 0 bridgehead atoms. The number of aromatic nitrogens is 2. The number of piperidine rings is 1. The van der Waals surface area contributed by atoms with Gasteiger partial charge in [-0.2, -0.15) is 0 Å². The van der Waals surface area contributed by atoms with Crippen molar-refractivity contribution in [2.75, 3.05) is 20.2 Å². The zero-order valence-electron chi connectivity index (χ0n) is 16.6. The second-order valence-corrected chi connectivity index (χ2v) is 8.45. The average Bonchev–Trinajstić information content (AvgIpc) is 3.46. The molecule has 3 heterocycles. The number of carbonyl (C=O) groups is 1. The van der Waals surface area contributed by atoms with Gasteiger partial charge in [0.25, 0.3) is 5.91 Å². The van der Waals surface area contributed by atoms with E-state index in [-0.39, 0.29) is 5.91 Å². The highest BCUT2D eigenvalue weighted by molar-refractivity contribution is 7.18. The molecule has 0 spiro atoms. The molecule has 1 aliphatic heterocycles. The lowest BCUT2D eigenvalue weighted by atomic mass is 9.97. The van der Waals surface area contributed by atoms with Crippen LogP contribution < -0.4 is 4.74 Å². The summed E-state index contributed by atoms with van der Waals surface area (Å²) in [7, 11) is 1.63. The standard InChI is InChI=1S/C23H21N3O3S/c1-28-17-8-6-15(7-9-17)20-14-19(25-29-20)23(27)26-12-10-16(11-13-26)22-24-18-4-2-3-5-21(18)30-22/h2-9,14,16H,10-13H2,1H3. The van der Waals surface area contributed by atoms with Crippen molar-refractivity contribution in [2.24, 2.45) is 0 Å². The normalized spacial score (nSPS) is 14.9. The first-order chi connectivity index (χ1) is 14.7. The maximum Gasteiger partial charge on any atom is 0.276 e. The Balaban J connectivity index is 1.25. The lowest BCUT2D eigenvalue weighted by Gasteiger charge is -2.30.